The number of para-hydroxylation sites is 1. The SMILES string of the molecule is CC(=O)c1cccc(Br)c1OCC1CCCCC1. The third-order valence-electron chi connectivity index (χ3n) is 3.53. The molecule has 2 rings (SSSR count). The monoisotopic (exact) mass is 310 g/mol. The fourth-order valence-electron chi connectivity index (χ4n) is 2.49. The van der Waals surface area contributed by atoms with Crippen molar-refractivity contribution in [3.05, 3.63) is 28.2 Å². The van der Waals surface area contributed by atoms with Gasteiger partial charge in [0.1, 0.15) is 5.75 Å². The molecule has 0 aliphatic heterocycles. The summed E-state index contributed by atoms with van der Waals surface area (Å²) in [6, 6.07) is 5.61. The Labute approximate surface area is 117 Å². The number of benzene rings is 1. The second kappa shape index (κ2) is 6.37. The van der Waals surface area contributed by atoms with Crippen LogP contribution >= 0.6 is 15.9 Å². The van der Waals surface area contributed by atoms with Gasteiger partial charge in [-0.15, -0.1) is 0 Å². The van der Waals surface area contributed by atoms with Crippen LogP contribution in [0, 0.1) is 5.92 Å². The molecule has 0 aromatic heterocycles. The van der Waals surface area contributed by atoms with Crippen molar-refractivity contribution in [1.82, 2.24) is 0 Å². The van der Waals surface area contributed by atoms with Gasteiger partial charge in [0.25, 0.3) is 0 Å². The number of Topliss-reactive ketones (excluding diaryl/α,β-unsaturated/α-hetero) is 1. The van der Waals surface area contributed by atoms with Gasteiger partial charge in [-0.1, -0.05) is 25.3 Å². The normalized spacial score (nSPS) is 16.6. The minimum absolute atomic E-state index is 0.0509. The number of carbonyl (C=O) groups is 1. The van der Waals surface area contributed by atoms with E-state index in [9.17, 15) is 4.79 Å². The van der Waals surface area contributed by atoms with Gasteiger partial charge in [-0.3, -0.25) is 4.79 Å². The van der Waals surface area contributed by atoms with Gasteiger partial charge >= 0.3 is 0 Å². The van der Waals surface area contributed by atoms with Gasteiger partial charge in [-0.05, 0) is 53.7 Å². The van der Waals surface area contributed by atoms with Crippen LogP contribution in [0.4, 0.5) is 0 Å². The highest BCUT2D eigenvalue weighted by Gasteiger charge is 2.17. The first-order valence-corrected chi connectivity index (χ1v) is 7.40. The average Bonchev–Trinajstić information content (AvgIpc) is 2.38. The minimum Gasteiger partial charge on any atom is -0.491 e. The third kappa shape index (κ3) is 3.35. The van der Waals surface area contributed by atoms with E-state index in [1.807, 2.05) is 18.2 Å². The van der Waals surface area contributed by atoms with Gasteiger partial charge in [0, 0.05) is 0 Å². The number of hydrogen-bond acceptors (Lipinski definition) is 2. The lowest BCUT2D eigenvalue weighted by Crippen LogP contribution is -2.16. The predicted octanol–water partition coefficient (Wildman–Crippen LogP) is 4.61. The van der Waals surface area contributed by atoms with Crippen LogP contribution in [0.3, 0.4) is 0 Å². The van der Waals surface area contributed by atoms with Gasteiger partial charge in [-0.2, -0.15) is 0 Å². The Morgan fingerprint density at radius 2 is 2.06 bits per heavy atom. The van der Waals surface area contributed by atoms with Crippen LogP contribution < -0.4 is 4.74 Å². The van der Waals surface area contributed by atoms with Crippen molar-refractivity contribution < 1.29 is 9.53 Å². The van der Waals surface area contributed by atoms with Gasteiger partial charge in [0.15, 0.2) is 5.78 Å². The van der Waals surface area contributed by atoms with Crippen LogP contribution in [0.1, 0.15) is 49.4 Å². The molecule has 0 N–H and O–H groups in total. The van der Waals surface area contributed by atoms with E-state index in [0.717, 1.165) is 11.1 Å². The van der Waals surface area contributed by atoms with Crippen molar-refractivity contribution in [2.24, 2.45) is 5.92 Å². The molecule has 0 atom stereocenters. The van der Waals surface area contributed by atoms with Gasteiger partial charge in [-0.25, -0.2) is 0 Å². The molecule has 0 radical (unpaired) electrons. The molecule has 3 heteroatoms. The first-order valence-electron chi connectivity index (χ1n) is 6.60. The first-order chi connectivity index (χ1) is 8.68. The lowest BCUT2D eigenvalue weighted by molar-refractivity contribution is 0.101. The minimum atomic E-state index is 0.0509. The second-order valence-electron chi connectivity index (χ2n) is 4.99. The van der Waals surface area contributed by atoms with E-state index in [0.29, 0.717) is 17.2 Å². The van der Waals surface area contributed by atoms with Crippen molar-refractivity contribution in [3.63, 3.8) is 0 Å². The molecule has 0 spiro atoms. The summed E-state index contributed by atoms with van der Waals surface area (Å²) in [5, 5.41) is 0. The summed E-state index contributed by atoms with van der Waals surface area (Å²) in [7, 11) is 0. The number of ketones is 1. The Hall–Kier alpha value is -0.830. The molecule has 0 bridgehead atoms. The molecule has 1 aliphatic rings. The summed E-state index contributed by atoms with van der Waals surface area (Å²) in [4.78, 5) is 11.6. The molecule has 0 amide bonds. The second-order valence-corrected chi connectivity index (χ2v) is 5.84. The zero-order chi connectivity index (χ0) is 13.0. The smallest absolute Gasteiger partial charge is 0.163 e. The van der Waals surface area contributed by atoms with E-state index < -0.39 is 0 Å². The van der Waals surface area contributed by atoms with Gasteiger partial charge in [0.2, 0.25) is 0 Å². The Kier molecular flexibility index (Phi) is 4.81. The number of halogens is 1. The number of carbonyl (C=O) groups excluding carboxylic acids is 1. The summed E-state index contributed by atoms with van der Waals surface area (Å²) >= 11 is 3.46. The molecule has 2 nitrogen and oxygen atoms in total. The predicted molar refractivity (Wildman–Crippen MR) is 76.2 cm³/mol. The number of ether oxygens (including phenoxy) is 1. The summed E-state index contributed by atoms with van der Waals surface area (Å²) in [5.74, 6) is 1.40. The van der Waals surface area contributed by atoms with Crippen molar-refractivity contribution in [2.75, 3.05) is 6.61 Å². The summed E-state index contributed by atoms with van der Waals surface area (Å²) in [6.07, 6.45) is 6.47. The molecule has 0 saturated heterocycles. The zero-order valence-electron chi connectivity index (χ0n) is 10.7. The largest absolute Gasteiger partial charge is 0.491 e. The highest BCUT2D eigenvalue weighted by molar-refractivity contribution is 9.10. The lowest BCUT2D eigenvalue weighted by atomic mass is 9.90. The van der Waals surface area contributed by atoms with Crippen molar-refractivity contribution in [3.8, 4) is 5.75 Å². The molecular weight excluding hydrogens is 292 g/mol. The van der Waals surface area contributed by atoms with Crippen LogP contribution in [0.5, 0.6) is 5.75 Å². The van der Waals surface area contributed by atoms with Crippen LogP contribution in [0.2, 0.25) is 0 Å². The van der Waals surface area contributed by atoms with E-state index in [-0.39, 0.29) is 5.78 Å². The molecule has 1 saturated carbocycles. The van der Waals surface area contributed by atoms with Crippen LogP contribution in [0.25, 0.3) is 0 Å². The zero-order valence-corrected chi connectivity index (χ0v) is 12.3. The van der Waals surface area contributed by atoms with Crippen LogP contribution in [0.15, 0.2) is 22.7 Å². The topological polar surface area (TPSA) is 26.3 Å². The van der Waals surface area contributed by atoms with E-state index in [1.165, 1.54) is 32.1 Å². The third-order valence-corrected chi connectivity index (χ3v) is 4.16. The van der Waals surface area contributed by atoms with Crippen LogP contribution in [-0.2, 0) is 0 Å². The number of rotatable bonds is 4. The Balaban J connectivity index is 2.05. The summed E-state index contributed by atoms with van der Waals surface area (Å²) in [5.41, 5.74) is 0.667. The highest BCUT2D eigenvalue weighted by atomic mass is 79.9. The molecular formula is C15H19BrO2. The molecule has 0 unspecified atom stereocenters. The van der Waals surface area contributed by atoms with E-state index in [1.54, 1.807) is 6.92 Å². The molecule has 1 aliphatic carbocycles. The van der Waals surface area contributed by atoms with E-state index in [4.69, 9.17) is 4.74 Å². The molecule has 1 aromatic carbocycles. The fourth-order valence-corrected chi connectivity index (χ4v) is 2.97. The molecule has 1 aromatic rings. The van der Waals surface area contributed by atoms with Crippen molar-refractivity contribution in [1.29, 1.82) is 0 Å². The van der Waals surface area contributed by atoms with Gasteiger partial charge in [0.05, 0.1) is 16.6 Å². The maximum Gasteiger partial charge on any atom is 0.163 e. The maximum atomic E-state index is 11.6. The number of hydrogen-bond donors (Lipinski definition) is 0. The highest BCUT2D eigenvalue weighted by Crippen LogP contribution is 2.31. The van der Waals surface area contributed by atoms with Gasteiger partial charge < -0.3 is 4.74 Å². The Morgan fingerprint density at radius 1 is 1.33 bits per heavy atom. The fraction of sp³-hybridized carbons (Fsp3) is 0.533. The summed E-state index contributed by atoms with van der Waals surface area (Å²) in [6.45, 7) is 2.30. The van der Waals surface area contributed by atoms with E-state index >= 15 is 0 Å². The quantitative estimate of drug-likeness (QED) is 0.759. The summed E-state index contributed by atoms with van der Waals surface area (Å²) < 4.78 is 6.77. The average molecular weight is 311 g/mol. The molecule has 98 valence electrons. The van der Waals surface area contributed by atoms with E-state index in [2.05, 4.69) is 15.9 Å². The van der Waals surface area contributed by atoms with Crippen molar-refractivity contribution in [2.45, 2.75) is 39.0 Å². The molecule has 1 fully saturated rings. The Morgan fingerprint density at radius 3 is 2.72 bits per heavy atom. The standard InChI is InChI=1S/C15H19BrO2/c1-11(17)13-8-5-9-14(16)15(13)18-10-12-6-3-2-4-7-12/h5,8-9,12H,2-4,6-7,10H2,1H3. The van der Waals surface area contributed by atoms with Crippen molar-refractivity contribution >= 4 is 21.7 Å². The first kappa shape index (κ1) is 13.6. The Bertz CT molecular complexity index is 423. The lowest BCUT2D eigenvalue weighted by Gasteiger charge is -2.22. The molecule has 18 heavy (non-hydrogen) atoms. The van der Waals surface area contributed by atoms with Crippen LogP contribution in [-0.4, -0.2) is 12.4 Å². The maximum absolute atomic E-state index is 11.6. The molecule has 0 heterocycles.